The number of halogens is 1. The third-order valence-electron chi connectivity index (χ3n) is 9.91. The number of ether oxygens (including phenoxy) is 2. The monoisotopic (exact) mass is 520 g/mol. The number of alkyl halides is 1. The average molecular weight is 521 g/mol. The van der Waals surface area contributed by atoms with Crippen molar-refractivity contribution in [3.63, 3.8) is 0 Å². The zero-order valence-corrected chi connectivity index (χ0v) is 21.9. The zero-order valence-electron chi connectivity index (χ0n) is 21.9. The number of hydrogen-bond donors (Lipinski definition) is 2. The fourth-order valence-electron chi connectivity index (χ4n) is 8.13. The van der Waals surface area contributed by atoms with Gasteiger partial charge in [-0.15, -0.1) is 0 Å². The van der Waals surface area contributed by atoms with E-state index in [0.29, 0.717) is 31.3 Å². The Bertz CT molecular complexity index is 1070. The van der Waals surface area contributed by atoms with Gasteiger partial charge in [0.25, 0.3) is 0 Å². The molecule has 0 saturated heterocycles. The van der Waals surface area contributed by atoms with Crippen LogP contribution in [0, 0.1) is 28.6 Å². The molecule has 3 saturated carbocycles. The number of carbonyl (C=O) groups excluding carboxylic acids is 4. The second kappa shape index (κ2) is 9.42. The molecule has 4 rings (SSSR count). The Kier molecular flexibility index (Phi) is 7.03. The van der Waals surface area contributed by atoms with Gasteiger partial charge < -0.3 is 19.7 Å². The number of hydrogen-bond acceptors (Lipinski definition) is 8. The fraction of sp³-hybridized carbons (Fsp3) is 0.714. The zero-order chi connectivity index (χ0) is 27.4. The maximum Gasteiger partial charge on any atom is 0.517 e. The first-order valence-corrected chi connectivity index (χ1v) is 13.2. The fourth-order valence-corrected chi connectivity index (χ4v) is 8.13. The van der Waals surface area contributed by atoms with E-state index in [-0.39, 0.29) is 18.6 Å². The minimum atomic E-state index is -2.12. The maximum atomic E-state index is 17.3. The first-order chi connectivity index (χ1) is 17.3. The van der Waals surface area contributed by atoms with Gasteiger partial charge in [-0.25, -0.2) is 9.18 Å². The van der Waals surface area contributed by atoms with Crippen LogP contribution >= 0.6 is 0 Å². The molecular weight excluding hydrogens is 483 g/mol. The molecule has 0 aromatic heterocycles. The van der Waals surface area contributed by atoms with Crippen LogP contribution in [0.15, 0.2) is 23.8 Å². The Morgan fingerprint density at radius 1 is 1.22 bits per heavy atom. The highest BCUT2D eigenvalue weighted by Gasteiger charge is 2.77. The molecule has 0 aliphatic heterocycles. The first kappa shape index (κ1) is 27.6. The summed E-state index contributed by atoms with van der Waals surface area (Å²) in [6.45, 7) is 6.04. The molecule has 2 N–H and O–H groups in total. The molecule has 0 heterocycles. The Morgan fingerprint density at radius 3 is 2.57 bits per heavy atom. The number of fused-ring (bicyclic) bond motifs is 5. The van der Waals surface area contributed by atoms with Crippen molar-refractivity contribution in [2.45, 2.75) is 90.0 Å². The van der Waals surface area contributed by atoms with Gasteiger partial charge in [-0.3, -0.25) is 14.4 Å². The summed E-state index contributed by atoms with van der Waals surface area (Å²) >= 11 is 0. The minimum absolute atomic E-state index is 0.0115. The van der Waals surface area contributed by atoms with Crippen molar-refractivity contribution < 1.29 is 43.3 Å². The van der Waals surface area contributed by atoms with Crippen LogP contribution in [0.4, 0.5) is 9.18 Å². The number of ketones is 2. The van der Waals surface area contributed by atoms with Crippen LogP contribution < -0.4 is 0 Å². The molecule has 9 heteroatoms. The van der Waals surface area contributed by atoms with E-state index in [1.165, 1.54) is 12.2 Å². The summed E-state index contributed by atoms with van der Waals surface area (Å²) in [6, 6.07) is 0. The SMILES string of the molecule is CCCCC(=O)OC(=O)O[C@]1(C(=O)CO)[C@H](C)C[C@H]2[C@@H]3CCC4=CC(=O)C=C[C@]4(C)[C@@]3(F)[C@@H](O)C[C@@]21C. The van der Waals surface area contributed by atoms with E-state index in [2.05, 4.69) is 0 Å². The highest BCUT2D eigenvalue weighted by Crippen LogP contribution is 2.71. The van der Waals surface area contributed by atoms with Gasteiger partial charge in [-0.05, 0) is 57.1 Å². The Morgan fingerprint density at radius 2 is 1.92 bits per heavy atom. The van der Waals surface area contributed by atoms with Crippen LogP contribution in [-0.2, 0) is 23.9 Å². The van der Waals surface area contributed by atoms with E-state index in [9.17, 15) is 29.4 Å². The summed E-state index contributed by atoms with van der Waals surface area (Å²) in [5.41, 5.74) is -5.83. The predicted molar refractivity (Wildman–Crippen MR) is 130 cm³/mol. The normalized spacial score (nSPS) is 42.2. The van der Waals surface area contributed by atoms with Gasteiger partial charge in [0.2, 0.25) is 5.78 Å². The predicted octanol–water partition coefficient (Wildman–Crippen LogP) is 3.77. The highest BCUT2D eigenvalue weighted by molar-refractivity contribution is 6.01. The quantitative estimate of drug-likeness (QED) is 0.400. The molecule has 0 aromatic rings. The van der Waals surface area contributed by atoms with Crippen LogP contribution in [0.3, 0.4) is 0 Å². The van der Waals surface area contributed by atoms with Crippen LogP contribution in [-0.4, -0.2) is 57.9 Å². The number of rotatable bonds is 6. The van der Waals surface area contributed by atoms with Crippen molar-refractivity contribution in [2.24, 2.45) is 28.6 Å². The van der Waals surface area contributed by atoms with Crippen molar-refractivity contribution in [1.82, 2.24) is 0 Å². The van der Waals surface area contributed by atoms with Crippen molar-refractivity contribution in [3.05, 3.63) is 23.8 Å². The van der Waals surface area contributed by atoms with Gasteiger partial charge in [0, 0.05) is 29.1 Å². The van der Waals surface area contributed by atoms with Gasteiger partial charge in [-0.1, -0.05) is 38.8 Å². The summed E-state index contributed by atoms with van der Waals surface area (Å²) in [4.78, 5) is 50.2. The second-order valence-corrected chi connectivity index (χ2v) is 11.6. The van der Waals surface area contributed by atoms with Gasteiger partial charge >= 0.3 is 12.1 Å². The summed E-state index contributed by atoms with van der Waals surface area (Å²) < 4.78 is 27.9. The van der Waals surface area contributed by atoms with E-state index in [1.54, 1.807) is 26.8 Å². The highest BCUT2D eigenvalue weighted by atomic mass is 19.1. The molecule has 204 valence electrons. The first-order valence-electron chi connectivity index (χ1n) is 13.2. The number of aliphatic hydroxyl groups excluding tert-OH is 2. The van der Waals surface area contributed by atoms with Crippen LogP contribution in [0.25, 0.3) is 0 Å². The van der Waals surface area contributed by atoms with E-state index in [1.807, 2.05) is 6.92 Å². The van der Waals surface area contributed by atoms with Crippen molar-refractivity contribution in [1.29, 1.82) is 0 Å². The largest absolute Gasteiger partial charge is 0.517 e. The number of carbonyl (C=O) groups is 4. The van der Waals surface area contributed by atoms with E-state index < -0.39 is 70.5 Å². The summed E-state index contributed by atoms with van der Waals surface area (Å²) in [5.74, 6) is -3.60. The molecule has 0 radical (unpaired) electrons. The lowest BCUT2D eigenvalue weighted by molar-refractivity contribution is -0.222. The average Bonchev–Trinajstić information content (AvgIpc) is 3.05. The molecule has 0 unspecified atom stereocenters. The van der Waals surface area contributed by atoms with E-state index in [4.69, 9.17) is 9.47 Å². The molecule has 0 aromatic carbocycles. The second-order valence-electron chi connectivity index (χ2n) is 11.6. The summed E-state index contributed by atoms with van der Waals surface area (Å²) in [7, 11) is 0. The van der Waals surface area contributed by atoms with Gasteiger partial charge in [0.05, 0.1) is 6.10 Å². The minimum Gasteiger partial charge on any atom is -0.418 e. The van der Waals surface area contributed by atoms with Crippen LogP contribution in [0.1, 0.15) is 72.6 Å². The summed E-state index contributed by atoms with van der Waals surface area (Å²) in [6.07, 6.45) is 3.57. The third-order valence-corrected chi connectivity index (χ3v) is 9.91. The molecule has 4 aliphatic rings. The molecule has 8 atom stereocenters. The van der Waals surface area contributed by atoms with Crippen molar-refractivity contribution in [3.8, 4) is 0 Å². The Labute approximate surface area is 216 Å². The number of aliphatic hydroxyl groups is 2. The standard InChI is InChI=1S/C28H37FO8/c1-5-6-7-23(34)36-24(35)37-28(22(33)15-30)16(2)12-20-19-9-8-17-13-18(31)10-11-25(17,3)27(19,29)21(32)14-26(20,28)4/h10-11,13,16,19-21,30,32H,5-9,12,14-15H2,1-4H3/t16-,19+,20+,21+,25+,26+,27+,28+/m1/s1. The number of esters is 1. The van der Waals surface area contributed by atoms with E-state index in [0.717, 1.165) is 6.42 Å². The van der Waals surface area contributed by atoms with Crippen molar-refractivity contribution >= 4 is 23.7 Å². The molecule has 0 spiro atoms. The molecule has 4 aliphatic carbocycles. The Balaban J connectivity index is 1.74. The van der Waals surface area contributed by atoms with Crippen LogP contribution in [0.5, 0.6) is 0 Å². The maximum absolute atomic E-state index is 17.3. The third kappa shape index (κ3) is 3.75. The lowest BCUT2D eigenvalue weighted by atomic mass is 9.44. The molecule has 0 bridgehead atoms. The molecule has 37 heavy (non-hydrogen) atoms. The molecule has 8 nitrogen and oxygen atoms in total. The smallest absolute Gasteiger partial charge is 0.418 e. The van der Waals surface area contributed by atoms with Gasteiger partial charge in [0.15, 0.2) is 17.1 Å². The molecule has 0 amide bonds. The van der Waals surface area contributed by atoms with Gasteiger partial charge in [0.1, 0.15) is 6.61 Å². The number of unbranched alkanes of at least 4 members (excludes halogenated alkanes) is 1. The van der Waals surface area contributed by atoms with E-state index >= 15 is 4.39 Å². The topological polar surface area (TPSA) is 127 Å². The molecule has 3 fully saturated rings. The van der Waals surface area contributed by atoms with Gasteiger partial charge in [-0.2, -0.15) is 0 Å². The molecular formula is C28H37FO8. The number of Topliss-reactive ketones (excluding diaryl/α,β-unsaturated/α-hetero) is 1. The number of allylic oxidation sites excluding steroid dienone is 4. The lowest BCUT2D eigenvalue weighted by Gasteiger charge is -2.62. The van der Waals surface area contributed by atoms with Crippen molar-refractivity contribution in [2.75, 3.05) is 6.61 Å². The summed E-state index contributed by atoms with van der Waals surface area (Å²) in [5, 5.41) is 21.4. The Hall–Kier alpha value is -2.39. The van der Waals surface area contributed by atoms with Crippen LogP contribution in [0.2, 0.25) is 0 Å². The lowest BCUT2D eigenvalue weighted by Crippen LogP contribution is -2.70.